The third-order valence-corrected chi connectivity index (χ3v) is 3.31. The van der Waals surface area contributed by atoms with E-state index >= 15 is 0 Å². The van der Waals surface area contributed by atoms with Gasteiger partial charge < -0.3 is 10.1 Å². The average Bonchev–Trinajstić information content (AvgIpc) is 2.70. The third kappa shape index (κ3) is 2.99. The molecule has 0 radical (unpaired) electrons. The van der Waals surface area contributed by atoms with Crippen molar-refractivity contribution in [2.24, 2.45) is 0 Å². The molecule has 0 saturated heterocycles. The number of nitrogens with zero attached hydrogens (tertiary/aromatic N) is 3. The Morgan fingerprint density at radius 3 is 2.74 bits per heavy atom. The molecule has 2 rings (SSSR count). The van der Waals surface area contributed by atoms with Gasteiger partial charge >= 0.3 is 5.82 Å². The Morgan fingerprint density at radius 1 is 1.47 bits per heavy atom. The summed E-state index contributed by atoms with van der Waals surface area (Å²) < 4.78 is 1.81. The summed E-state index contributed by atoms with van der Waals surface area (Å²) in [4.78, 5) is 21.9. The van der Waals surface area contributed by atoms with Crippen LogP contribution in [0, 0.1) is 10.1 Å². The lowest BCUT2D eigenvalue weighted by Crippen LogP contribution is -2.11. The number of Topliss-reactive ketones (excluding diaryl/α,β-unsaturated/α-hetero) is 1. The molecule has 8 heteroatoms. The monoisotopic (exact) mass is 343 g/mol. The maximum Gasteiger partial charge on any atom is 0.408 e. The van der Waals surface area contributed by atoms with Crippen molar-refractivity contribution in [1.29, 1.82) is 0 Å². The summed E-state index contributed by atoms with van der Waals surface area (Å²) in [6.07, 6.45) is 1.26. The van der Waals surface area contributed by atoms with Crippen LogP contribution in [0.5, 0.6) is 0 Å². The smallest absolute Gasteiger partial charge is 0.358 e. The lowest BCUT2D eigenvalue weighted by atomic mass is 10.1. The third-order valence-electron chi connectivity index (χ3n) is 2.35. The maximum atomic E-state index is 12.0. The summed E-state index contributed by atoms with van der Waals surface area (Å²) in [5.41, 5.74) is 0.483. The second kappa shape index (κ2) is 5.50. The molecule has 2 aromatic rings. The highest BCUT2D eigenvalue weighted by atomic mass is 79.9. The van der Waals surface area contributed by atoms with Crippen LogP contribution in [0.1, 0.15) is 10.4 Å². The van der Waals surface area contributed by atoms with E-state index in [1.807, 2.05) is 0 Å². The summed E-state index contributed by atoms with van der Waals surface area (Å²) >= 11 is 8.92. The number of nitro groups is 1. The predicted octanol–water partition coefficient (Wildman–Crippen LogP) is 3.09. The molecule has 0 atom stereocenters. The van der Waals surface area contributed by atoms with Crippen molar-refractivity contribution in [2.45, 2.75) is 6.54 Å². The Balaban J connectivity index is 2.22. The zero-order chi connectivity index (χ0) is 14.0. The lowest BCUT2D eigenvalue weighted by Gasteiger charge is -2.01. The molecular weight excluding hydrogens is 337 g/mol. The van der Waals surface area contributed by atoms with Crippen LogP contribution in [0.3, 0.4) is 0 Å². The molecule has 0 bridgehead atoms. The quantitative estimate of drug-likeness (QED) is 0.485. The van der Waals surface area contributed by atoms with Crippen LogP contribution in [0.25, 0.3) is 0 Å². The van der Waals surface area contributed by atoms with Gasteiger partial charge in [0.05, 0.1) is 11.3 Å². The SMILES string of the molecule is O=C(Cn1cc(Cl)c([N+](=O)[O-])n1)c1ccccc1Br. The maximum absolute atomic E-state index is 12.0. The number of halogens is 2. The van der Waals surface area contributed by atoms with E-state index in [1.165, 1.54) is 6.20 Å². The van der Waals surface area contributed by atoms with E-state index in [9.17, 15) is 14.9 Å². The fourth-order valence-corrected chi connectivity index (χ4v) is 2.24. The molecule has 98 valence electrons. The van der Waals surface area contributed by atoms with Crippen molar-refractivity contribution in [1.82, 2.24) is 9.78 Å². The van der Waals surface area contributed by atoms with Crippen molar-refractivity contribution in [3.8, 4) is 0 Å². The minimum atomic E-state index is -0.693. The molecule has 1 heterocycles. The summed E-state index contributed by atoms with van der Waals surface area (Å²) in [6, 6.07) is 6.92. The Kier molecular flexibility index (Phi) is 3.96. The number of hydrogen-bond donors (Lipinski definition) is 0. The standard InChI is InChI=1S/C11H7BrClN3O3/c12-8-4-2-1-3-7(8)10(17)6-15-5-9(13)11(14-15)16(18)19/h1-5H,6H2. The number of benzene rings is 1. The summed E-state index contributed by atoms with van der Waals surface area (Å²) in [5.74, 6) is -0.678. The van der Waals surface area contributed by atoms with E-state index in [1.54, 1.807) is 24.3 Å². The van der Waals surface area contributed by atoms with Crippen LogP contribution >= 0.6 is 27.5 Å². The van der Waals surface area contributed by atoms with Gasteiger partial charge in [-0.3, -0.25) is 4.79 Å². The van der Waals surface area contributed by atoms with Gasteiger partial charge in [0.25, 0.3) is 0 Å². The molecule has 19 heavy (non-hydrogen) atoms. The fraction of sp³-hybridized carbons (Fsp3) is 0.0909. The van der Waals surface area contributed by atoms with E-state index in [-0.39, 0.29) is 17.4 Å². The van der Waals surface area contributed by atoms with E-state index in [0.29, 0.717) is 10.0 Å². The van der Waals surface area contributed by atoms with Gasteiger partial charge in [-0.25, -0.2) is 0 Å². The van der Waals surface area contributed by atoms with Crippen LogP contribution in [0.15, 0.2) is 34.9 Å². The van der Waals surface area contributed by atoms with Crippen LogP contribution in [-0.2, 0) is 6.54 Å². The van der Waals surface area contributed by atoms with Gasteiger partial charge in [-0.2, -0.15) is 4.68 Å². The number of rotatable bonds is 4. The van der Waals surface area contributed by atoms with Crippen molar-refractivity contribution in [3.05, 3.63) is 55.6 Å². The van der Waals surface area contributed by atoms with Gasteiger partial charge in [-0.1, -0.05) is 45.7 Å². The first-order valence-corrected chi connectivity index (χ1v) is 6.31. The van der Waals surface area contributed by atoms with Gasteiger partial charge in [0.15, 0.2) is 10.8 Å². The molecule has 1 aromatic heterocycles. The molecule has 1 aromatic carbocycles. The number of carbonyl (C=O) groups is 1. The first kappa shape index (κ1) is 13.7. The average molecular weight is 345 g/mol. The number of ketones is 1. The minimum absolute atomic E-state index is 0.0927. The molecule has 0 aliphatic heterocycles. The Labute approximate surface area is 121 Å². The van der Waals surface area contributed by atoms with Crippen molar-refractivity contribution in [3.63, 3.8) is 0 Å². The zero-order valence-corrected chi connectivity index (χ0v) is 11.8. The van der Waals surface area contributed by atoms with Crippen LogP contribution < -0.4 is 0 Å². The second-order valence-electron chi connectivity index (χ2n) is 3.66. The van der Waals surface area contributed by atoms with E-state index in [2.05, 4.69) is 21.0 Å². The lowest BCUT2D eigenvalue weighted by molar-refractivity contribution is -0.389. The minimum Gasteiger partial charge on any atom is -0.358 e. The van der Waals surface area contributed by atoms with Crippen molar-refractivity contribution in [2.75, 3.05) is 0 Å². The van der Waals surface area contributed by atoms with E-state index < -0.39 is 10.7 Å². The molecule has 0 amide bonds. The van der Waals surface area contributed by atoms with Gasteiger partial charge in [-0.15, -0.1) is 0 Å². The summed E-state index contributed by atoms with van der Waals surface area (Å²) in [7, 11) is 0. The van der Waals surface area contributed by atoms with Crippen LogP contribution in [-0.4, -0.2) is 20.5 Å². The Bertz CT molecular complexity index is 656. The summed E-state index contributed by atoms with van der Waals surface area (Å²) in [6.45, 7) is -0.115. The predicted molar refractivity (Wildman–Crippen MR) is 72.4 cm³/mol. The molecule has 0 aliphatic rings. The highest BCUT2D eigenvalue weighted by Gasteiger charge is 2.21. The number of carbonyl (C=O) groups excluding carboxylic acids is 1. The Morgan fingerprint density at radius 2 is 2.16 bits per heavy atom. The summed E-state index contributed by atoms with van der Waals surface area (Å²) in [5, 5.41) is 14.2. The zero-order valence-electron chi connectivity index (χ0n) is 9.42. The second-order valence-corrected chi connectivity index (χ2v) is 4.92. The van der Waals surface area contributed by atoms with Crippen molar-refractivity contribution >= 4 is 39.1 Å². The first-order chi connectivity index (χ1) is 8.99. The topological polar surface area (TPSA) is 78.0 Å². The molecule has 0 aliphatic carbocycles. The molecule has 0 fully saturated rings. The normalized spacial score (nSPS) is 10.4. The number of hydrogen-bond acceptors (Lipinski definition) is 4. The van der Waals surface area contributed by atoms with Crippen LogP contribution in [0.2, 0.25) is 5.02 Å². The largest absolute Gasteiger partial charge is 0.408 e. The Hall–Kier alpha value is -1.73. The molecule has 0 saturated carbocycles. The van der Waals surface area contributed by atoms with E-state index in [0.717, 1.165) is 4.68 Å². The number of aromatic nitrogens is 2. The van der Waals surface area contributed by atoms with Crippen molar-refractivity contribution < 1.29 is 9.72 Å². The first-order valence-electron chi connectivity index (χ1n) is 5.14. The van der Waals surface area contributed by atoms with Crippen LogP contribution in [0.4, 0.5) is 5.82 Å². The molecule has 0 unspecified atom stereocenters. The molecule has 0 spiro atoms. The van der Waals surface area contributed by atoms with Gasteiger partial charge in [0.2, 0.25) is 0 Å². The fourth-order valence-electron chi connectivity index (χ4n) is 1.51. The molecular formula is C11H7BrClN3O3. The van der Waals surface area contributed by atoms with Gasteiger partial charge in [-0.05, 0) is 11.0 Å². The highest BCUT2D eigenvalue weighted by molar-refractivity contribution is 9.10. The van der Waals surface area contributed by atoms with E-state index in [4.69, 9.17) is 11.6 Å². The van der Waals surface area contributed by atoms with Gasteiger partial charge in [0, 0.05) is 10.0 Å². The molecule has 6 nitrogen and oxygen atoms in total. The van der Waals surface area contributed by atoms with Gasteiger partial charge in [0.1, 0.15) is 6.54 Å². The molecule has 0 N–H and O–H groups in total. The highest BCUT2D eigenvalue weighted by Crippen LogP contribution is 2.22.